The van der Waals surface area contributed by atoms with Crippen LogP contribution in [0.1, 0.15) is 29.2 Å². The molecule has 0 fully saturated rings. The fourth-order valence-electron chi connectivity index (χ4n) is 2.83. The molecule has 2 aromatic rings. The number of hydrogen-bond acceptors (Lipinski definition) is 2. The molecule has 0 aliphatic carbocycles. The van der Waals surface area contributed by atoms with E-state index in [1.807, 2.05) is 0 Å². The van der Waals surface area contributed by atoms with Crippen LogP contribution in [-0.4, -0.2) is 6.54 Å². The number of benzene rings is 2. The fraction of sp³-hybridized carbons (Fsp3) is 0.294. The maximum absolute atomic E-state index is 3.69. The minimum absolute atomic E-state index is 0.370. The molecule has 0 saturated carbocycles. The Labute approximate surface area is 128 Å². The second-order valence-electron chi connectivity index (χ2n) is 5.38. The van der Waals surface area contributed by atoms with Gasteiger partial charge in [-0.25, -0.2) is 0 Å². The molecule has 104 valence electrons. The van der Waals surface area contributed by atoms with Crippen molar-refractivity contribution >= 4 is 21.6 Å². The lowest BCUT2D eigenvalue weighted by Gasteiger charge is -2.20. The molecule has 0 saturated heterocycles. The predicted octanol–water partition coefficient (Wildman–Crippen LogP) is 4.40. The Hall–Kier alpha value is -1.32. The molecule has 0 spiro atoms. The van der Waals surface area contributed by atoms with Gasteiger partial charge in [0.1, 0.15) is 0 Å². The smallest absolute Gasteiger partial charge is 0.0529 e. The highest BCUT2D eigenvalue weighted by Gasteiger charge is 2.17. The van der Waals surface area contributed by atoms with Crippen LogP contribution in [0.4, 0.5) is 5.69 Å². The molecule has 1 heterocycles. The Morgan fingerprint density at radius 2 is 2.05 bits per heavy atom. The average Bonchev–Trinajstić information content (AvgIpc) is 2.61. The number of aryl methyl sites for hydroxylation is 1. The van der Waals surface area contributed by atoms with E-state index < -0.39 is 0 Å². The molecule has 1 atom stereocenters. The van der Waals surface area contributed by atoms with Crippen molar-refractivity contribution in [2.75, 3.05) is 11.9 Å². The highest BCUT2D eigenvalue weighted by atomic mass is 79.9. The molecule has 0 aromatic heterocycles. The summed E-state index contributed by atoms with van der Waals surface area (Å²) < 4.78 is 1.13. The third kappa shape index (κ3) is 3.05. The summed E-state index contributed by atoms with van der Waals surface area (Å²) in [7, 11) is 0. The molecule has 1 unspecified atom stereocenters. The van der Waals surface area contributed by atoms with Crippen molar-refractivity contribution in [3.05, 3.63) is 63.6 Å². The highest BCUT2D eigenvalue weighted by Crippen LogP contribution is 2.29. The molecular formula is C17H19BrN2. The van der Waals surface area contributed by atoms with Gasteiger partial charge >= 0.3 is 0 Å². The molecular weight excluding hydrogens is 312 g/mol. The van der Waals surface area contributed by atoms with Crippen molar-refractivity contribution in [1.82, 2.24) is 5.32 Å². The van der Waals surface area contributed by atoms with Crippen LogP contribution in [0.3, 0.4) is 0 Å². The van der Waals surface area contributed by atoms with Gasteiger partial charge in [0, 0.05) is 16.7 Å². The first-order chi connectivity index (χ1) is 9.72. The molecule has 1 aliphatic rings. The van der Waals surface area contributed by atoms with Crippen molar-refractivity contribution in [2.45, 2.75) is 25.9 Å². The molecule has 2 N–H and O–H groups in total. The number of nitrogens with one attached hydrogen (secondary N) is 2. The molecule has 2 nitrogen and oxygen atoms in total. The summed E-state index contributed by atoms with van der Waals surface area (Å²) in [6.07, 6.45) is 1.10. The van der Waals surface area contributed by atoms with Crippen molar-refractivity contribution in [2.24, 2.45) is 0 Å². The van der Waals surface area contributed by atoms with E-state index in [0.29, 0.717) is 6.04 Å². The van der Waals surface area contributed by atoms with E-state index in [-0.39, 0.29) is 0 Å². The normalized spacial score (nSPS) is 18.2. The fourth-order valence-corrected chi connectivity index (χ4v) is 3.44. The standard InChI is InChI=1S/C17H19BrN2/c1-12-8-14(18)10-15(9-12)20-17-6-7-19-11-13-4-2-3-5-16(13)17/h2-5,8-10,17,19-20H,6-7,11H2,1H3. The third-order valence-electron chi connectivity index (χ3n) is 3.74. The monoisotopic (exact) mass is 330 g/mol. The SMILES string of the molecule is Cc1cc(Br)cc(NC2CCNCc3ccccc32)c1. The van der Waals surface area contributed by atoms with Crippen LogP contribution in [0.25, 0.3) is 0 Å². The summed E-state index contributed by atoms with van der Waals surface area (Å²) in [4.78, 5) is 0. The van der Waals surface area contributed by atoms with Gasteiger partial charge in [-0.3, -0.25) is 0 Å². The van der Waals surface area contributed by atoms with Crippen LogP contribution in [0.5, 0.6) is 0 Å². The highest BCUT2D eigenvalue weighted by molar-refractivity contribution is 9.10. The van der Waals surface area contributed by atoms with E-state index in [9.17, 15) is 0 Å². The minimum atomic E-state index is 0.370. The molecule has 1 aliphatic heterocycles. The van der Waals surface area contributed by atoms with Gasteiger partial charge in [0.05, 0.1) is 6.04 Å². The van der Waals surface area contributed by atoms with Crippen molar-refractivity contribution in [3.8, 4) is 0 Å². The Morgan fingerprint density at radius 3 is 2.90 bits per heavy atom. The van der Waals surface area contributed by atoms with Crippen LogP contribution in [-0.2, 0) is 6.54 Å². The van der Waals surface area contributed by atoms with Gasteiger partial charge in [-0.1, -0.05) is 40.2 Å². The second-order valence-corrected chi connectivity index (χ2v) is 6.29. The van der Waals surface area contributed by atoms with Crippen molar-refractivity contribution in [3.63, 3.8) is 0 Å². The summed E-state index contributed by atoms with van der Waals surface area (Å²) in [5.41, 5.74) is 5.25. The van der Waals surface area contributed by atoms with Gasteiger partial charge in [0.15, 0.2) is 0 Å². The van der Waals surface area contributed by atoms with Crippen LogP contribution in [0.15, 0.2) is 46.9 Å². The van der Waals surface area contributed by atoms with Crippen LogP contribution >= 0.6 is 15.9 Å². The Morgan fingerprint density at radius 1 is 1.20 bits per heavy atom. The number of halogens is 1. The van der Waals surface area contributed by atoms with E-state index in [0.717, 1.165) is 24.0 Å². The van der Waals surface area contributed by atoms with E-state index in [2.05, 4.69) is 76.0 Å². The zero-order chi connectivity index (χ0) is 13.9. The first-order valence-corrected chi connectivity index (χ1v) is 7.84. The molecule has 3 heteroatoms. The molecule has 2 aromatic carbocycles. The zero-order valence-corrected chi connectivity index (χ0v) is 13.2. The number of hydrogen-bond donors (Lipinski definition) is 2. The Kier molecular flexibility index (Phi) is 4.08. The van der Waals surface area contributed by atoms with E-state index in [1.165, 1.54) is 22.4 Å². The van der Waals surface area contributed by atoms with Crippen LogP contribution in [0, 0.1) is 6.92 Å². The Bertz CT molecular complexity index is 589. The lowest BCUT2D eigenvalue weighted by molar-refractivity contribution is 0.637. The lowest BCUT2D eigenvalue weighted by atomic mass is 9.99. The Balaban J connectivity index is 1.90. The van der Waals surface area contributed by atoms with Gasteiger partial charge in [0.2, 0.25) is 0 Å². The second kappa shape index (κ2) is 5.98. The predicted molar refractivity (Wildman–Crippen MR) is 88.0 cm³/mol. The van der Waals surface area contributed by atoms with Crippen molar-refractivity contribution in [1.29, 1.82) is 0 Å². The van der Waals surface area contributed by atoms with Crippen LogP contribution < -0.4 is 10.6 Å². The summed E-state index contributed by atoms with van der Waals surface area (Å²) in [6.45, 7) is 4.13. The molecule has 0 radical (unpaired) electrons. The molecule has 3 rings (SSSR count). The van der Waals surface area contributed by atoms with E-state index in [1.54, 1.807) is 0 Å². The van der Waals surface area contributed by atoms with E-state index in [4.69, 9.17) is 0 Å². The summed E-state index contributed by atoms with van der Waals surface area (Å²) >= 11 is 3.57. The maximum atomic E-state index is 3.69. The molecule has 0 amide bonds. The van der Waals surface area contributed by atoms with Gasteiger partial charge in [-0.2, -0.15) is 0 Å². The van der Waals surface area contributed by atoms with Gasteiger partial charge in [0.25, 0.3) is 0 Å². The lowest BCUT2D eigenvalue weighted by Crippen LogP contribution is -2.15. The summed E-state index contributed by atoms with van der Waals surface area (Å²) in [5.74, 6) is 0. The zero-order valence-electron chi connectivity index (χ0n) is 11.6. The van der Waals surface area contributed by atoms with Crippen molar-refractivity contribution < 1.29 is 0 Å². The molecule has 0 bridgehead atoms. The first-order valence-electron chi connectivity index (χ1n) is 7.04. The average molecular weight is 331 g/mol. The van der Waals surface area contributed by atoms with Gasteiger partial charge in [-0.05, 0) is 54.8 Å². The van der Waals surface area contributed by atoms with E-state index >= 15 is 0 Å². The quantitative estimate of drug-likeness (QED) is 0.852. The van der Waals surface area contributed by atoms with Crippen LogP contribution in [0.2, 0.25) is 0 Å². The maximum Gasteiger partial charge on any atom is 0.0529 e. The number of anilines is 1. The minimum Gasteiger partial charge on any atom is -0.378 e. The summed E-state index contributed by atoms with van der Waals surface area (Å²) in [6, 6.07) is 15.6. The molecule has 20 heavy (non-hydrogen) atoms. The van der Waals surface area contributed by atoms with Gasteiger partial charge < -0.3 is 10.6 Å². The number of rotatable bonds is 2. The van der Waals surface area contributed by atoms with Gasteiger partial charge in [-0.15, -0.1) is 0 Å². The summed E-state index contributed by atoms with van der Waals surface area (Å²) in [5, 5.41) is 7.18. The number of fused-ring (bicyclic) bond motifs is 1. The largest absolute Gasteiger partial charge is 0.378 e. The third-order valence-corrected chi connectivity index (χ3v) is 4.20. The first kappa shape index (κ1) is 13.7. The topological polar surface area (TPSA) is 24.1 Å².